The van der Waals surface area contributed by atoms with Gasteiger partial charge >= 0.3 is 0 Å². The van der Waals surface area contributed by atoms with Crippen molar-refractivity contribution in [2.45, 2.75) is 62.3 Å². The van der Waals surface area contributed by atoms with Crippen molar-refractivity contribution in [2.24, 2.45) is 0 Å². The van der Waals surface area contributed by atoms with Crippen LogP contribution < -0.4 is 10.2 Å². The zero-order valence-electron chi connectivity index (χ0n) is 19.9. The number of piperidine rings is 1. The Labute approximate surface area is 202 Å². The molecule has 4 rings (SSSR count). The summed E-state index contributed by atoms with van der Waals surface area (Å²) in [6, 6.07) is 15.3. The molecule has 0 saturated carbocycles. The van der Waals surface area contributed by atoms with Crippen molar-refractivity contribution in [3.05, 3.63) is 59.7 Å². The van der Waals surface area contributed by atoms with E-state index >= 15 is 0 Å². The Morgan fingerprint density at radius 3 is 2.44 bits per heavy atom. The number of hydrogen-bond donors (Lipinski definition) is 1. The summed E-state index contributed by atoms with van der Waals surface area (Å²) in [7, 11) is -3.65. The number of amides is 2. The molecular weight excluding hydrogens is 450 g/mol. The fourth-order valence-corrected chi connectivity index (χ4v) is 6.25. The number of benzene rings is 2. The maximum atomic E-state index is 13.1. The Kier molecular flexibility index (Phi) is 7.38. The van der Waals surface area contributed by atoms with Crippen molar-refractivity contribution in [1.82, 2.24) is 10.2 Å². The summed E-state index contributed by atoms with van der Waals surface area (Å²) in [6.45, 7) is 6.37. The van der Waals surface area contributed by atoms with Crippen LogP contribution >= 0.6 is 0 Å². The molecular formula is C26H33N3O4S. The zero-order valence-corrected chi connectivity index (χ0v) is 20.7. The molecule has 2 aliphatic heterocycles. The third-order valence-corrected chi connectivity index (χ3v) is 9.00. The van der Waals surface area contributed by atoms with Gasteiger partial charge in [0.1, 0.15) is 0 Å². The van der Waals surface area contributed by atoms with Crippen LogP contribution in [0.4, 0.5) is 5.69 Å². The maximum Gasteiger partial charge on any atom is 0.223 e. The fourth-order valence-electron chi connectivity index (χ4n) is 4.85. The van der Waals surface area contributed by atoms with E-state index in [0.717, 1.165) is 43.7 Å². The number of hydrogen-bond acceptors (Lipinski definition) is 5. The topological polar surface area (TPSA) is 86.8 Å². The molecule has 34 heavy (non-hydrogen) atoms. The molecule has 1 atom stereocenters. The molecule has 8 heteroatoms. The minimum Gasteiger partial charge on any atom is -0.353 e. The van der Waals surface area contributed by atoms with Gasteiger partial charge in [-0.3, -0.25) is 14.5 Å². The highest BCUT2D eigenvalue weighted by molar-refractivity contribution is 7.92. The van der Waals surface area contributed by atoms with Crippen molar-refractivity contribution in [1.29, 1.82) is 0 Å². The number of nitrogens with zero attached hydrogens (tertiary/aromatic N) is 2. The number of nitrogens with one attached hydrogen (secondary N) is 1. The molecule has 2 aromatic carbocycles. The maximum absolute atomic E-state index is 13.1. The first-order chi connectivity index (χ1) is 16.2. The molecule has 1 fully saturated rings. The van der Waals surface area contributed by atoms with Crippen molar-refractivity contribution >= 4 is 27.3 Å². The third-order valence-electron chi connectivity index (χ3n) is 6.86. The number of carbonyl (C=O) groups is 2. The Balaban J connectivity index is 1.29. The lowest BCUT2D eigenvalue weighted by atomic mass is 10.0. The molecule has 7 nitrogen and oxygen atoms in total. The predicted molar refractivity (Wildman–Crippen MR) is 132 cm³/mol. The van der Waals surface area contributed by atoms with E-state index in [1.54, 1.807) is 30.0 Å². The van der Waals surface area contributed by atoms with E-state index in [-0.39, 0.29) is 29.2 Å². The van der Waals surface area contributed by atoms with Crippen LogP contribution in [0.5, 0.6) is 0 Å². The van der Waals surface area contributed by atoms with E-state index in [1.165, 1.54) is 12.5 Å². The highest BCUT2D eigenvalue weighted by Crippen LogP contribution is 2.31. The molecule has 2 amide bonds. The second kappa shape index (κ2) is 10.3. The molecule has 2 aliphatic rings. The minimum absolute atomic E-state index is 0.0507. The SMILES string of the molecule is CC(=O)N1CCc2cc(S(=O)(=O)[C@H](C)CC(=O)NC3CCN(Cc4ccccc4)CC3)ccc21. The number of fused-ring (bicyclic) bond motifs is 1. The highest BCUT2D eigenvalue weighted by atomic mass is 32.2. The molecule has 0 bridgehead atoms. The molecule has 1 saturated heterocycles. The second-order valence-corrected chi connectivity index (χ2v) is 11.7. The molecule has 0 spiro atoms. The van der Waals surface area contributed by atoms with E-state index in [9.17, 15) is 18.0 Å². The normalized spacial score (nSPS) is 17.9. The van der Waals surface area contributed by atoms with E-state index in [0.29, 0.717) is 13.0 Å². The van der Waals surface area contributed by atoms with Crippen LogP contribution in [0.15, 0.2) is 53.4 Å². The summed E-state index contributed by atoms with van der Waals surface area (Å²) in [6.07, 6.45) is 2.29. The van der Waals surface area contributed by atoms with E-state index < -0.39 is 15.1 Å². The van der Waals surface area contributed by atoms with Gasteiger partial charge in [0, 0.05) is 51.3 Å². The molecule has 1 N–H and O–H groups in total. The van der Waals surface area contributed by atoms with Crippen LogP contribution in [0.1, 0.15) is 44.2 Å². The Hall–Kier alpha value is -2.71. The standard InChI is InChI=1S/C26H33N3O4S/c1-19(34(32,33)24-8-9-25-22(17-24)10-15-29(25)20(2)30)16-26(31)27-23-11-13-28(14-12-23)18-21-6-4-3-5-7-21/h3-9,17,19,23H,10-16,18H2,1-2H3,(H,27,31)/t19-/m1/s1. The summed E-state index contributed by atoms with van der Waals surface area (Å²) in [5.74, 6) is -0.271. The monoisotopic (exact) mass is 483 g/mol. The Morgan fingerprint density at radius 2 is 1.76 bits per heavy atom. The van der Waals surface area contributed by atoms with Crippen LogP contribution in [0.2, 0.25) is 0 Å². The van der Waals surface area contributed by atoms with Gasteiger partial charge in [-0.1, -0.05) is 30.3 Å². The molecule has 2 aromatic rings. The number of rotatable bonds is 7. The summed E-state index contributed by atoms with van der Waals surface area (Å²) in [5, 5.41) is 2.22. The molecule has 182 valence electrons. The van der Waals surface area contributed by atoms with Gasteiger partial charge in [-0.25, -0.2) is 8.42 Å². The van der Waals surface area contributed by atoms with Gasteiger partial charge in [0.2, 0.25) is 11.8 Å². The van der Waals surface area contributed by atoms with E-state index in [1.807, 2.05) is 18.2 Å². The summed E-state index contributed by atoms with van der Waals surface area (Å²) in [4.78, 5) is 28.6. The van der Waals surface area contributed by atoms with Crippen LogP contribution in [-0.4, -0.2) is 56.1 Å². The Morgan fingerprint density at radius 1 is 1.06 bits per heavy atom. The molecule has 0 unspecified atom stereocenters. The van der Waals surface area contributed by atoms with Crippen molar-refractivity contribution < 1.29 is 18.0 Å². The van der Waals surface area contributed by atoms with Gasteiger partial charge < -0.3 is 10.2 Å². The van der Waals surface area contributed by atoms with Gasteiger partial charge in [0.15, 0.2) is 9.84 Å². The first kappa shape index (κ1) is 24.4. The van der Waals surface area contributed by atoms with Crippen molar-refractivity contribution in [3.8, 4) is 0 Å². The number of likely N-dealkylation sites (tertiary alicyclic amines) is 1. The Bertz CT molecular complexity index is 1140. The average Bonchev–Trinajstić information content (AvgIpc) is 3.25. The summed E-state index contributed by atoms with van der Waals surface area (Å²) in [5.41, 5.74) is 2.91. The lowest BCUT2D eigenvalue weighted by Crippen LogP contribution is -2.45. The minimum atomic E-state index is -3.65. The summed E-state index contributed by atoms with van der Waals surface area (Å²) >= 11 is 0. The largest absolute Gasteiger partial charge is 0.353 e. The lowest BCUT2D eigenvalue weighted by Gasteiger charge is -2.32. The molecule has 2 heterocycles. The van der Waals surface area contributed by atoms with Gasteiger partial charge in [-0.2, -0.15) is 0 Å². The number of sulfone groups is 1. The van der Waals surface area contributed by atoms with E-state index in [2.05, 4.69) is 22.3 Å². The van der Waals surface area contributed by atoms with Gasteiger partial charge in [0.05, 0.1) is 10.1 Å². The molecule has 0 aliphatic carbocycles. The summed E-state index contributed by atoms with van der Waals surface area (Å²) < 4.78 is 26.2. The first-order valence-electron chi connectivity index (χ1n) is 11.9. The quantitative estimate of drug-likeness (QED) is 0.654. The first-order valence-corrected chi connectivity index (χ1v) is 13.5. The predicted octanol–water partition coefficient (Wildman–Crippen LogP) is 2.93. The fraction of sp³-hybridized carbons (Fsp3) is 0.462. The third kappa shape index (κ3) is 5.50. The van der Waals surface area contributed by atoms with Gasteiger partial charge in [-0.15, -0.1) is 0 Å². The number of anilines is 1. The van der Waals surface area contributed by atoms with Crippen LogP contribution in [-0.2, 0) is 32.4 Å². The van der Waals surface area contributed by atoms with Crippen molar-refractivity contribution in [3.63, 3.8) is 0 Å². The van der Waals surface area contributed by atoms with Crippen LogP contribution in [0, 0.1) is 0 Å². The smallest absolute Gasteiger partial charge is 0.223 e. The second-order valence-electron chi connectivity index (χ2n) is 9.37. The van der Waals surface area contributed by atoms with Crippen LogP contribution in [0.25, 0.3) is 0 Å². The number of carbonyl (C=O) groups excluding carboxylic acids is 2. The van der Waals surface area contributed by atoms with Crippen molar-refractivity contribution in [2.75, 3.05) is 24.5 Å². The average molecular weight is 484 g/mol. The van der Waals surface area contributed by atoms with Gasteiger partial charge in [-0.05, 0) is 55.5 Å². The lowest BCUT2D eigenvalue weighted by molar-refractivity contribution is -0.122. The van der Waals surface area contributed by atoms with Gasteiger partial charge in [0.25, 0.3) is 0 Å². The molecule has 0 radical (unpaired) electrons. The van der Waals surface area contributed by atoms with E-state index in [4.69, 9.17) is 0 Å². The zero-order chi connectivity index (χ0) is 24.3. The molecule has 0 aromatic heterocycles. The van der Waals surface area contributed by atoms with Crippen LogP contribution in [0.3, 0.4) is 0 Å². The highest BCUT2D eigenvalue weighted by Gasteiger charge is 2.30.